The van der Waals surface area contributed by atoms with Crippen molar-refractivity contribution in [1.29, 1.82) is 0 Å². The summed E-state index contributed by atoms with van der Waals surface area (Å²) in [6, 6.07) is 0.499. The van der Waals surface area contributed by atoms with Gasteiger partial charge in [-0.1, -0.05) is 0 Å². The highest BCUT2D eigenvalue weighted by molar-refractivity contribution is 5.97. The lowest BCUT2D eigenvalue weighted by Crippen LogP contribution is -2.09. The second-order valence-electron chi connectivity index (χ2n) is 3.08. The predicted octanol–water partition coefficient (Wildman–Crippen LogP) is 1.56. The molecule has 0 bridgehead atoms. The number of carbonyl (C=O) groups is 1. The summed E-state index contributed by atoms with van der Waals surface area (Å²) in [4.78, 5) is 15.3. The Hall–Kier alpha value is -0.860. The molecule has 0 spiro atoms. The van der Waals surface area contributed by atoms with Crippen LogP contribution in [0.4, 0.5) is 0 Å². The monoisotopic (exact) mass is 169 g/mol. The van der Waals surface area contributed by atoms with E-state index in [4.69, 9.17) is 4.74 Å². The molecule has 0 atom stereocenters. The molecule has 68 valence electrons. The van der Waals surface area contributed by atoms with Gasteiger partial charge >= 0.3 is 5.97 Å². The second-order valence-corrected chi connectivity index (χ2v) is 3.08. The van der Waals surface area contributed by atoms with Gasteiger partial charge in [-0.3, -0.25) is 9.79 Å². The summed E-state index contributed by atoms with van der Waals surface area (Å²) < 4.78 is 4.79. The van der Waals surface area contributed by atoms with Crippen molar-refractivity contribution in [2.75, 3.05) is 6.61 Å². The first-order valence-electron chi connectivity index (χ1n) is 4.41. The quantitative estimate of drug-likeness (QED) is 0.473. The summed E-state index contributed by atoms with van der Waals surface area (Å²) in [6.07, 6.45) is 2.71. The number of rotatable bonds is 4. The molecule has 0 aromatic carbocycles. The number of esters is 1. The van der Waals surface area contributed by atoms with Crippen molar-refractivity contribution >= 4 is 11.7 Å². The molecule has 1 aliphatic carbocycles. The first kappa shape index (κ1) is 9.23. The van der Waals surface area contributed by atoms with Crippen molar-refractivity contribution in [2.24, 2.45) is 4.99 Å². The molecule has 0 radical (unpaired) electrons. The van der Waals surface area contributed by atoms with Gasteiger partial charge in [-0.05, 0) is 26.7 Å². The van der Waals surface area contributed by atoms with Gasteiger partial charge in [0.1, 0.15) is 0 Å². The Balaban J connectivity index is 2.23. The van der Waals surface area contributed by atoms with E-state index in [0.29, 0.717) is 19.1 Å². The van der Waals surface area contributed by atoms with E-state index in [1.54, 1.807) is 0 Å². The van der Waals surface area contributed by atoms with Gasteiger partial charge in [-0.25, -0.2) is 0 Å². The van der Waals surface area contributed by atoms with E-state index < -0.39 is 0 Å². The molecule has 1 fully saturated rings. The van der Waals surface area contributed by atoms with Crippen LogP contribution >= 0.6 is 0 Å². The largest absolute Gasteiger partial charge is 0.466 e. The highest BCUT2D eigenvalue weighted by atomic mass is 16.5. The maximum atomic E-state index is 11.0. The van der Waals surface area contributed by atoms with E-state index in [2.05, 4.69) is 4.99 Å². The van der Waals surface area contributed by atoms with Crippen molar-refractivity contribution in [3.63, 3.8) is 0 Å². The Morgan fingerprint density at radius 2 is 2.25 bits per heavy atom. The normalized spacial score (nSPS) is 17.7. The van der Waals surface area contributed by atoms with Crippen LogP contribution in [0.25, 0.3) is 0 Å². The van der Waals surface area contributed by atoms with Crippen LogP contribution in [0.3, 0.4) is 0 Å². The highest BCUT2D eigenvalue weighted by Gasteiger charge is 2.20. The molecule has 0 N–H and O–H groups in total. The van der Waals surface area contributed by atoms with Gasteiger partial charge in [0.2, 0.25) is 0 Å². The maximum absolute atomic E-state index is 11.0. The van der Waals surface area contributed by atoms with Crippen LogP contribution in [0.5, 0.6) is 0 Å². The van der Waals surface area contributed by atoms with Crippen LogP contribution in [0.1, 0.15) is 33.1 Å². The van der Waals surface area contributed by atoms with Crippen LogP contribution in [0, 0.1) is 0 Å². The summed E-state index contributed by atoms with van der Waals surface area (Å²) in [5.74, 6) is -0.167. The molecule has 12 heavy (non-hydrogen) atoms. The Kier molecular flexibility index (Phi) is 3.26. The number of hydrogen-bond acceptors (Lipinski definition) is 3. The molecule has 1 aliphatic rings. The topological polar surface area (TPSA) is 38.7 Å². The molecular weight excluding hydrogens is 154 g/mol. The summed E-state index contributed by atoms with van der Waals surface area (Å²) in [7, 11) is 0. The van der Waals surface area contributed by atoms with Gasteiger partial charge in [0, 0.05) is 5.71 Å². The lowest BCUT2D eigenvalue weighted by atomic mass is 10.3. The molecule has 0 amide bonds. The summed E-state index contributed by atoms with van der Waals surface area (Å²) in [6.45, 7) is 4.15. The minimum atomic E-state index is -0.167. The third-order valence-corrected chi connectivity index (χ3v) is 1.66. The maximum Gasteiger partial charge on any atom is 0.311 e. The van der Waals surface area contributed by atoms with E-state index in [1.807, 2.05) is 13.8 Å². The van der Waals surface area contributed by atoms with Crippen molar-refractivity contribution < 1.29 is 9.53 Å². The lowest BCUT2D eigenvalue weighted by molar-refractivity contribution is -0.141. The van der Waals surface area contributed by atoms with Gasteiger partial charge in [0.25, 0.3) is 0 Å². The van der Waals surface area contributed by atoms with Gasteiger partial charge < -0.3 is 4.74 Å². The highest BCUT2D eigenvalue weighted by Crippen LogP contribution is 2.23. The minimum absolute atomic E-state index is 0.167. The van der Waals surface area contributed by atoms with Crippen molar-refractivity contribution in [3.8, 4) is 0 Å². The molecule has 1 rings (SSSR count). The van der Waals surface area contributed by atoms with E-state index in [1.165, 1.54) is 12.8 Å². The minimum Gasteiger partial charge on any atom is -0.466 e. The van der Waals surface area contributed by atoms with Gasteiger partial charge in [-0.2, -0.15) is 0 Å². The fourth-order valence-corrected chi connectivity index (χ4v) is 0.982. The molecule has 3 nitrogen and oxygen atoms in total. The molecular formula is C9H15NO2. The fraction of sp³-hybridized carbons (Fsp3) is 0.778. The van der Waals surface area contributed by atoms with Crippen LogP contribution in [-0.4, -0.2) is 24.3 Å². The van der Waals surface area contributed by atoms with Crippen LogP contribution in [0.15, 0.2) is 4.99 Å². The number of carbonyl (C=O) groups excluding carboxylic acids is 1. The van der Waals surface area contributed by atoms with E-state index in [-0.39, 0.29) is 5.97 Å². The third kappa shape index (κ3) is 3.51. The summed E-state index contributed by atoms with van der Waals surface area (Å²) in [5, 5.41) is 0. The molecule has 0 aliphatic heterocycles. The first-order chi connectivity index (χ1) is 5.72. The first-order valence-corrected chi connectivity index (χ1v) is 4.41. The van der Waals surface area contributed by atoms with E-state index in [9.17, 15) is 4.79 Å². The molecule has 0 saturated heterocycles. The second kappa shape index (κ2) is 4.24. The van der Waals surface area contributed by atoms with Crippen molar-refractivity contribution in [2.45, 2.75) is 39.2 Å². The number of hydrogen-bond donors (Lipinski definition) is 0. The van der Waals surface area contributed by atoms with Crippen LogP contribution in [-0.2, 0) is 9.53 Å². The summed E-state index contributed by atoms with van der Waals surface area (Å²) in [5.41, 5.74) is 0.899. The fourth-order valence-electron chi connectivity index (χ4n) is 0.982. The average Bonchev–Trinajstić information content (AvgIpc) is 2.71. The number of ether oxygens (including phenoxy) is 1. The van der Waals surface area contributed by atoms with Crippen LogP contribution in [0.2, 0.25) is 0 Å². The van der Waals surface area contributed by atoms with Gasteiger partial charge in [-0.15, -0.1) is 0 Å². The number of aliphatic imine (C=N–C) groups is 1. The smallest absolute Gasteiger partial charge is 0.311 e. The Labute approximate surface area is 72.8 Å². The standard InChI is InChI=1S/C9H15NO2/c1-3-12-9(11)6-7(2)10-8-4-5-8/h8H,3-6H2,1-2H3. The molecule has 3 heteroatoms. The summed E-state index contributed by atoms with van der Waals surface area (Å²) >= 11 is 0. The molecule has 1 saturated carbocycles. The molecule has 0 aromatic rings. The third-order valence-electron chi connectivity index (χ3n) is 1.66. The molecule has 0 aromatic heterocycles. The van der Waals surface area contributed by atoms with Crippen molar-refractivity contribution in [1.82, 2.24) is 0 Å². The van der Waals surface area contributed by atoms with Crippen molar-refractivity contribution in [3.05, 3.63) is 0 Å². The zero-order valence-corrected chi connectivity index (χ0v) is 7.67. The average molecular weight is 169 g/mol. The predicted molar refractivity (Wildman–Crippen MR) is 47.4 cm³/mol. The van der Waals surface area contributed by atoms with Gasteiger partial charge in [0.15, 0.2) is 0 Å². The Morgan fingerprint density at radius 3 is 2.75 bits per heavy atom. The van der Waals surface area contributed by atoms with E-state index >= 15 is 0 Å². The van der Waals surface area contributed by atoms with E-state index in [0.717, 1.165) is 5.71 Å². The molecule has 0 unspecified atom stereocenters. The Morgan fingerprint density at radius 1 is 1.58 bits per heavy atom. The van der Waals surface area contributed by atoms with Gasteiger partial charge in [0.05, 0.1) is 19.1 Å². The zero-order chi connectivity index (χ0) is 8.97. The zero-order valence-electron chi connectivity index (χ0n) is 7.67. The Bertz CT molecular complexity index is 195. The number of nitrogens with zero attached hydrogens (tertiary/aromatic N) is 1. The van der Waals surface area contributed by atoms with Crippen LogP contribution < -0.4 is 0 Å². The SMILES string of the molecule is CCOC(=O)CC(C)=NC1CC1. The lowest BCUT2D eigenvalue weighted by Gasteiger charge is -2.00. The molecule has 0 heterocycles.